The molecule has 0 aromatic rings. The third kappa shape index (κ3) is 1.91. The number of carbonyl (C=O) groups is 2. The molecule has 0 heterocycles. The van der Waals surface area contributed by atoms with Gasteiger partial charge in [-0.15, -0.1) is 0 Å². The Morgan fingerprint density at radius 2 is 1.75 bits per heavy atom. The maximum Gasteiger partial charge on any atom is 0.331 e. The largest absolute Gasteiger partial charge is 0.481 e. The van der Waals surface area contributed by atoms with E-state index in [1.807, 2.05) is 0 Å². The predicted molar refractivity (Wildman–Crippen MR) is 60.0 cm³/mol. The van der Waals surface area contributed by atoms with Gasteiger partial charge in [0.05, 0.1) is 15.1 Å². The van der Waals surface area contributed by atoms with Gasteiger partial charge in [0, 0.05) is 0 Å². The molecule has 88 valence electrons. The van der Waals surface area contributed by atoms with Crippen molar-refractivity contribution in [2.75, 3.05) is 0 Å². The highest BCUT2D eigenvalue weighted by molar-refractivity contribution is 6.54. The number of allylic oxidation sites excluding steroid dienone is 2. The van der Waals surface area contributed by atoms with Crippen LogP contribution >= 0.6 is 46.4 Å². The fraction of sp³-hybridized carbons (Fsp3) is 0.250. The van der Waals surface area contributed by atoms with Gasteiger partial charge in [-0.2, -0.15) is 0 Å². The molecular formula is C8H4Cl4O4. The maximum atomic E-state index is 11.0. The van der Waals surface area contributed by atoms with Crippen LogP contribution in [0.25, 0.3) is 0 Å². The van der Waals surface area contributed by atoms with E-state index < -0.39 is 27.8 Å². The van der Waals surface area contributed by atoms with Gasteiger partial charge in [0.15, 0.2) is 4.87 Å². The Labute approximate surface area is 110 Å². The first kappa shape index (κ1) is 13.6. The van der Waals surface area contributed by atoms with Gasteiger partial charge in [-0.3, -0.25) is 4.79 Å². The lowest BCUT2D eigenvalue weighted by molar-refractivity contribution is -0.148. The standard InChI is InChI=1S/C8H4Cl4O4/c9-3-1-2(6(13)14)8(12,7(15)16)5(11)4(3)10/h1-2H,(H,13,14)(H,15,16). The number of halogens is 4. The fourth-order valence-corrected chi connectivity index (χ4v) is 2.28. The van der Waals surface area contributed by atoms with Gasteiger partial charge in [0.2, 0.25) is 0 Å². The molecule has 16 heavy (non-hydrogen) atoms. The fourth-order valence-electron chi connectivity index (χ4n) is 1.20. The summed E-state index contributed by atoms with van der Waals surface area (Å²) in [5.74, 6) is -4.66. The SMILES string of the molecule is O=C(O)C1C=C(Cl)C(Cl)=C(Cl)C1(Cl)C(=O)O. The van der Waals surface area contributed by atoms with Crippen molar-refractivity contribution in [2.24, 2.45) is 5.92 Å². The van der Waals surface area contributed by atoms with Crippen molar-refractivity contribution in [1.82, 2.24) is 0 Å². The maximum absolute atomic E-state index is 11.0. The van der Waals surface area contributed by atoms with Gasteiger partial charge in [-0.05, 0) is 6.08 Å². The zero-order valence-corrected chi connectivity index (χ0v) is 10.4. The van der Waals surface area contributed by atoms with E-state index in [-0.39, 0.29) is 10.1 Å². The van der Waals surface area contributed by atoms with Gasteiger partial charge in [-0.1, -0.05) is 46.4 Å². The lowest BCUT2D eigenvalue weighted by Gasteiger charge is -2.30. The smallest absolute Gasteiger partial charge is 0.331 e. The Bertz CT molecular complexity index is 428. The molecule has 1 rings (SSSR count). The van der Waals surface area contributed by atoms with Crippen LogP contribution in [0.15, 0.2) is 21.2 Å². The molecule has 0 bridgehead atoms. The molecule has 0 radical (unpaired) electrons. The van der Waals surface area contributed by atoms with E-state index in [2.05, 4.69) is 0 Å². The Morgan fingerprint density at radius 3 is 2.12 bits per heavy atom. The topological polar surface area (TPSA) is 74.6 Å². The monoisotopic (exact) mass is 304 g/mol. The summed E-state index contributed by atoms with van der Waals surface area (Å²) in [4.78, 5) is 19.6. The summed E-state index contributed by atoms with van der Waals surface area (Å²) >= 11 is 22.6. The van der Waals surface area contributed by atoms with Gasteiger partial charge < -0.3 is 10.2 Å². The Kier molecular flexibility index (Phi) is 3.80. The number of hydrogen-bond donors (Lipinski definition) is 2. The van der Waals surface area contributed by atoms with Crippen molar-refractivity contribution in [3.63, 3.8) is 0 Å². The Balaban J connectivity index is 3.44. The van der Waals surface area contributed by atoms with E-state index in [1.165, 1.54) is 0 Å². The van der Waals surface area contributed by atoms with Gasteiger partial charge in [-0.25, -0.2) is 4.79 Å². The zero-order chi connectivity index (χ0) is 12.7. The summed E-state index contributed by atoms with van der Waals surface area (Å²) in [6, 6.07) is 0. The van der Waals surface area contributed by atoms with Gasteiger partial charge in [0.1, 0.15) is 5.92 Å². The molecule has 0 spiro atoms. The van der Waals surface area contributed by atoms with Crippen LogP contribution < -0.4 is 0 Å². The number of carboxylic acid groups (broad SMARTS) is 2. The molecule has 4 nitrogen and oxygen atoms in total. The average molecular weight is 306 g/mol. The molecule has 0 aromatic heterocycles. The minimum Gasteiger partial charge on any atom is -0.481 e. The van der Waals surface area contributed by atoms with Crippen molar-refractivity contribution in [3.8, 4) is 0 Å². The average Bonchev–Trinajstić information content (AvgIpc) is 2.19. The molecule has 0 saturated carbocycles. The first-order valence-electron chi connectivity index (χ1n) is 3.81. The Hall–Kier alpha value is -0.420. The van der Waals surface area contributed by atoms with Crippen LogP contribution in [0, 0.1) is 5.92 Å². The summed E-state index contributed by atoms with van der Waals surface area (Å²) in [6.45, 7) is 0. The zero-order valence-electron chi connectivity index (χ0n) is 7.38. The minimum atomic E-state index is -2.33. The predicted octanol–water partition coefficient (Wildman–Crippen LogP) is 2.57. The molecular weight excluding hydrogens is 302 g/mol. The number of rotatable bonds is 2. The molecule has 0 aromatic carbocycles. The number of hydrogen-bond acceptors (Lipinski definition) is 2. The Morgan fingerprint density at radius 1 is 1.25 bits per heavy atom. The summed E-state index contributed by atoms with van der Waals surface area (Å²) in [5.41, 5.74) is 0. The first-order chi connectivity index (χ1) is 7.22. The second-order valence-corrected chi connectivity index (χ2v) is 4.73. The van der Waals surface area contributed by atoms with Crippen LogP contribution in [-0.4, -0.2) is 27.0 Å². The summed E-state index contributed by atoms with van der Waals surface area (Å²) in [7, 11) is 0. The molecule has 0 amide bonds. The summed E-state index contributed by atoms with van der Waals surface area (Å²) in [5, 5.41) is 16.9. The summed E-state index contributed by atoms with van der Waals surface area (Å²) < 4.78 is 0. The second-order valence-electron chi connectivity index (χ2n) is 2.98. The molecule has 2 atom stereocenters. The molecule has 2 unspecified atom stereocenters. The van der Waals surface area contributed by atoms with Crippen molar-refractivity contribution in [2.45, 2.75) is 4.87 Å². The van der Waals surface area contributed by atoms with E-state index in [0.717, 1.165) is 6.08 Å². The number of aliphatic carboxylic acids is 2. The lowest BCUT2D eigenvalue weighted by Crippen LogP contribution is -2.46. The highest BCUT2D eigenvalue weighted by Crippen LogP contribution is 2.46. The van der Waals surface area contributed by atoms with Gasteiger partial charge >= 0.3 is 11.9 Å². The molecule has 0 aliphatic heterocycles. The highest BCUT2D eigenvalue weighted by Gasteiger charge is 2.53. The summed E-state index contributed by atoms with van der Waals surface area (Å²) in [6.07, 6.45) is 0.944. The molecule has 1 aliphatic rings. The normalized spacial score (nSPS) is 30.0. The van der Waals surface area contributed by atoms with Crippen molar-refractivity contribution < 1.29 is 19.8 Å². The van der Waals surface area contributed by atoms with E-state index >= 15 is 0 Å². The van der Waals surface area contributed by atoms with Crippen molar-refractivity contribution in [1.29, 1.82) is 0 Å². The number of carboxylic acids is 2. The quantitative estimate of drug-likeness (QED) is 0.769. The number of alkyl halides is 1. The molecule has 0 fully saturated rings. The lowest BCUT2D eigenvalue weighted by atomic mass is 9.87. The van der Waals surface area contributed by atoms with Crippen LogP contribution in [0.2, 0.25) is 0 Å². The van der Waals surface area contributed by atoms with Crippen LogP contribution in [0.5, 0.6) is 0 Å². The third-order valence-electron chi connectivity index (χ3n) is 2.04. The highest BCUT2D eigenvalue weighted by atomic mass is 35.5. The minimum absolute atomic E-state index is 0.142. The second kappa shape index (κ2) is 4.45. The van der Waals surface area contributed by atoms with Gasteiger partial charge in [0.25, 0.3) is 0 Å². The van der Waals surface area contributed by atoms with E-state index in [9.17, 15) is 9.59 Å². The van der Waals surface area contributed by atoms with E-state index in [1.54, 1.807) is 0 Å². The van der Waals surface area contributed by atoms with Crippen molar-refractivity contribution >= 4 is 58.3 Å². The van der Waals surface area contributed by atoms with Crippen LogP contribution in [0.3, 0.4) is 0 Å². The van der Waals surface area contributed by atoms with Crippen LogP contribution in [0.4, 0.5) is 0 Å². The third-order valence-corrected chi connectivity index (χ3v) is 4.11. The van der Waals surface area contributed by atoms with E-state index in [4.69, 9.17) is 56.6 Å². The molecule has 8 heteroatoms. The molecule has 1 aliphatic carbocycles. The van der Waals surface area contributed by atoms with Crippen LogP contribution in [0.1, 0.15) is 0 Å². The molecule has 2 N–H and O–H groups in total. The first-order valence-corrected chi connectivity index (χ1v) is 5.32. The van der Waals surface area contributed by atoms with E-state index in [0.29, 0.717) is 0 Å². The van der Waals surface area contributed by atoms with Crippen molar-refractivity contribution in [3.05, 3.63) is 21.2 Å². The molecule has 0 saturated heterocycles. The van der Waals surface area contributed by atoms with Crippen LogP contribution in [-0.2, 0) is 9.59 Å².